The van der Waals surface area contributed by atoms with Gasteiger partial charge in [-0.2, -0.15) is 15.6 Å². The third-order valence-electron chi connectivity index (χ3n) is 4.36. The summed E-state index contributed by atoms with van der Waals surface area (Å²) in [5.74, 6) is 0.406. The van der Waals surface area contributed by atoms with Crippen molar-refractivity contribution in [3.05, 3.63) is 45.9 Å². The molecule has 0 fully saturated rings. The maximum Gasteiger partial charge on any atom is 0.248 e. The molecule has 0 spiro atoms. The predicted octanol–water partition coefficient (Wildman–Crippen LogP) is 4.05. The van der Waals surface area contributed by atoms with Crippen molar-refractivity contribution in [2.45, 2.75) is 31.6 Å². The maximum absolute atomic E-state index is 12.7. The average molecular weight is 469 g/mol. The molecule has 0 saturated carbocycles. The molecular formula is C19H21ClN4O4S2. The van der Waals surface area contributed by atoms with Gasteiger partial charge < -0.3 is 9.73 Å². The molecule has 8 nitrogen and oxygen atoms in total. The van der Waals surface area contributed by atoms with Gasteiger partial charge in [0.2, 0.25) is 27.7 Å². The van der Waals surface area contributed by atoms with Gasteiger partial charge in [0.15, 0.2) is 0 Å². The largest absolute Gasteiger partial charge is 0.421 e. The van der Waals surface area contributed by atoms with Crippen LogP contribution in [0.2, 0.25) is 5.02 Å². The number of nitrogens with zero attached hydrogens (tertiary/aromatic N) is 3. The van der Waals surface area contributed by atoms with Crippen molar-refractivity contribution in [3.8, 4) is 11.5 Å². The molecule has 30 heavy (non-hydrogen) atoms. The Morgan fingerprint density at radius 1 is 1.23 bits per heavy atom. The van der Waals surface area contributed by atoms with Gasteiger partial charge in [0, 0.05) is 36.9 Å². The van der Waals surface area contributed by atoms with Crippen LogP contribution in [0.3, 0.4) is 0 Å². The number of benzene rings is 1. The molecule has 0 aliphatic rings. The zero-order valence-corrected chi connectivity index (χ0v) is 18.9. The van der Waals surface area contributed by atoms with Crippen LogP contribution in [0.15, 0.2) is 44.3 Å². The van der Waals surface area contributed by atoms with E-state index >= 15 is 0 Å². The molecule has 0 aliphatic heterocycles. The third kappa shape index (κ3) is 5.07. The van der Waals surface area contributed by atoms with Crippen molar-refractivity contribution in [1.82, 2.24) is 14.5 Å². The fourth-order valence-corrected chi connectivity index (χ4v) is 5.04. The normalized spacial score (nSPS) is 11.7. The number of halogens is 1. The van der Waals surface area contributed by atoms with Crippen LogP contribution in [0.5, 0.6) is 0 Å². The number of thiophene rings is 1. The molecule has 0 saturated heterocycles. The lowest BCUT2D eigenvalue weighted by Gasteiger charge is -2.19. The minimum atomic E-state index is -3.66. The van der Waals surface area contributed by atoms with E-state index in [4.69, 9.17) is 16.0 Å². The number of hydrogen-bond donors (Lipinski definition) is 1. The van der Waals surface area contributed by atoms with Crippen LogP contribution in [0, 0.1) is 0 Å². The van der Waals surface area contributed by atoms with Crippen LogP contribution >= 0.6 is 22.9 Å². The summed E-state index contributed by atoms with van der Waals surface area (Å²) < 4.78 is 32.3. The standard InChI is InChI=1S/C19H21ClN4O4S2/c1-3-24(4-2)30(26,27)14-5-6-15(20)16(11-14)21-17(25)7-8-18-22-23-19(28-18)13-9-10-29-12-13/h5-6,9-12H,3-4,7-8H2,1-2H3,(H,21,25). The van der Waals surface area contributed by atoms with E-state index < -0.39 is 10.0 Å². The zero-order chi connectivity index (χ0) is 21.7. The number of aryl methyl sites for hydroxylation is 1. The lowest BCUT2D eigenvalue weighted by Crippen LogP contribution is -2.30. The summed E-state index contributed by atoms with van der Waals surface area (Å²) in [5.41, 5.74) is 1.07. The summed E-state index contributed by atoms with van der Waals surface area (Å²) in [5, 5.41) is 14.6. The molecule has 160 valence electrons. The van der Waals surface area contributed by atoms with E-state index in [0.717, 1.165) is 5.56 Å². The van der Waals surface area contributed by atoms with Gasteiger partial charge in [0.1, 0.15) is 0 Å². The molecule has 3 rings (SSSR count). The molecule has 3 aromatic rings. The molecule has 1 aromatic carbocycles. The molecule has 0 bridgehead atoms. The van der Waals surface area contributed by atoms with Gasteiger partial charge in [-0.25, -0.2) is 8.42 Å². The van der Waals surface area contributed by atoms with E-state index in [1.807, 2.05) is 16.8 Å². The second-order valence-electron chi connectivity index (χ2n) is 6.29. The number of carbonyl (C=O) groups is 1. The van der Waals surface area contributed by atoms with Crippen LogP contribution in [0.1, 0.15) is 26.2 Å². The first-order valence-corrected chi connectivity index (χ1v) is 12.1. The highest BCUT2D eigenvalue weighted by Gasteiger charge is 2.23. The summed E-state index contributed by atoms with van der Waals surface area (Å²) in [7, 11) is -3.66. The Morgan fingerprint density at radius 3 is 2.67 bits per heavy atom. The van der Waals surface area contributed by atoms with Crippen LogP contribution in [0.25, 0.3) is 11.5 Å². The number of amides is 1. The molecule has 0 unspecified atom stereocenters. The minimum Gasteiger partial charge on any atom is -0.421 e. The quantitative estimate of drug-likeness (QED) is 0.507. The molecule has 2 aromatic heterocycles. The molecule has 11 heteroatoms. The number of carbonyl (C=O) groups excluding carboxylic acids is 1. The number of anilines is 1. The molecular weight excluding hydrogens is 448 g/mol. The van der Waals surface area contributed by atoms with Gasteiger partial charge in [0.05, 0.1) is 15.6 Å². The van der Waals surface area contributed by atoms with Crippen LogP contribution in [0.4, 0.5) is 5.69 Å². The number of aromatic nitrogens is 2. The van der Waals surface area contributed by atoms with Crippen molar-refractivity contribution in [2.75, 3.05) is 18.4 Å². The van der Waals surface area contributed by atoms with Crippen molar-refractivity contribution >= 4 is 44.6 Å². The molecule has 0 aliphatic carbocycles. The van der Waals surface area contributed by atoms with Crippen molar-refractivity contribution in [3.63, 3.8) is 0 Å². The summed E-state index contributed by atoms with van der Waals surface area (Å²) in [6.07, 6.45) is 0.326. The zero-order valence-electron chi connectivity index (χ0n) is 16.5. The fourth-order valence-electron chi connectivity index (χ4n) is 2.76. The Bertz CT molecular complexity index is 1110. The summed E-state index contributed by atoms with van der Waals surface area (Å²) in [6, 6.07) is 6.12. The van der Waals surface area contributed by atoms with Gasteiger partial charge in [-0.05, 0) is 29.6 Å². The molecule has 2 heterocycles. The monoisotopic (exact) mass is 468 g/mol. The van der Waals surface area contributed by atoms with Crippen molar-refractivity contribution < 1.29 is 17.6 Å². The van der Waals surface area contributed by atoms with Gasteiger partial charge in [0.25, 0.3) is 0 Å². The predicted molar refractivity (Wildman–Crippen MR) is 116 cm³/mol. The SMILES string of the molecule is CCN(CC)S(=O)(=O)c1ccc(Cl)c(NC(=O)CCc2nnc(-c3ccsc3)o2)c1. The lowest BCUT2D eigenvalue weighted by molar-refractivity contribution is -0.116. The second-order valence-corrected chi connectivity index (χ2v) is 9.42. The summed E-state index contributed by atoms with van der Waals surface area (Å²) in [6.45, 7) is 4.23. The highest BCUT2D eigenvalue weighted by atomic mass is 35.5. The average Bonchev–Trinajstić information content (AvgIpc) is 3.40. The Kier molecular flexibility index (Phi) is 7.24. The van der Waals surface area contributed by atoms with E-state index in [1.165, 1.54) is 33.8 Å². The molecule has 1 N–H and O–H groups in total. The van der Waals surface area contributed by atoms with E-state index in [9.17, 15) is 13.2 Å². The Hall–Kier alpha value is -2.27. The molecule has 0 radical (unpaired) electrons. The van der Waals surface area contributed by atoms with Crippen LogP contribution in [-0.4, -0.2) is 41.9 Å². The van der Waals surface area contributed by atoms with E-state index in [2.05, 4.69) is 15.5 Å². The first-order valence-electron chi connectivity index (χ1n) is 9.29. The van der Waals surface area contributed by atoms with Gasteiger partial charge in [-0.1, -0.05) is 25.4 Å². The molecule has 1 amide bonds. The Labute approximate surface area is 183 Å². The number of hydrogen-bond acceptors (Lipinski definition) is 7. The Balaban J connectivity index is 1.66. The lowest BCUT2D eigenvalue weighted by atomic mass is 10.2. The highest BCUT2D eigenvalue weighted by Crippen LogP contribution is 2.27. The topological polar surface area (TPSA) is 105 Å². The van der Waals surface area contributed by atoms with Crippen molar-refractivity contribution in [2.24, 2.45) is 0 Å². The van der Waals surface area contributed by atoms with Gasteiger partial charge in [-0.3, -0.25) is 4.79 Å². The third-order valence-corrected chi connectivity index (χ3v) is 7.41. The van der Waals surface area contributed by atoms with Gasteiger partial charge in [-0.15, -0.1) is 10.2 Å². The number of rotatable bonds is 9. The van der Waals surface area contributed by atoms with Crippen molar-refractivity contribution in [1.29, 1.82) is 0 Å². The van der Waals surface area contributed by atoms with Gasteiger partial charge >= 0.3 is 0 Å². The second kappa shape index (κ2) is 9.69. The first-order chi connectivity index (χ1) is 14.3. The van der Waals surface area contributed by atoms with E-state index in [-0.39, 0.29) is 34.4 Å². The number of nitrogens with one attached hydrogen (secondary N) is 1. The first kappa shape index (κ1) is 22.4. The maximum atomic E-state index is 12.7. The van der Waals surface area contributed by atoms with E-state index in [1.54, 1.807) is 13.8 Å². The molecule has 0 atom stereocenters. The Morgan fingerprint density at radius 2 is 2.00 bits per heavy atom. The van der Waals surface area contributed by atoms with Crippen LogP contribution in [-0.2, 0) is 21.2 Å². The van der Waals surface area contributed by atoms with Crippen LogP contribution < -0.4 is 5.32 Å². The number of sulfonamides is 1. The fraction of sp³-hybridized carbons (Fsp3) is 0.316. The summed E-state index contributed by atoms with van der Waals surface area (Å²) in [4.78, 5) is 12.4. The van der Waals surface area contributed by atoms with E-state index in [0.29, 0.717) is 24.9 Å². The highest BCUT2D eigenvalue weighted by molar-refractivity contribution is 7.89. The minimum absolute atomic E-state index is 0.0724. The summed E-state index contributed by atoms with van der Waals surface area (Å²) >= 11 is 7.67. The smallest absolute Gasteiger partial charge is 0.248 e.